The number of hydrogen-bond donors (Lipinski definition) is 1. The van der Waals surface area contributed by atoms with Crippen molar-refractivity contribution < 1.29 is 19.1 Å². The number of alkyl carbamates (subject to hydrolysis) is 1. The number of benzene rings is 1. The third-order valence-electron chi connectivity index (χ3n) is 2.62. The molecule has 0 unspecified atom stereocenters. The molecule has 0 atom stereocenters. The second-order valence-electron chi connectivity index (χ2n) is 5.73. The van der Waals surface area contributed by atoms with Crippen molar-refractivity contribution in [2.24, 2.45) is 0 Å². The minimum atomic E-state index is -0.485. The van der Waals surface area contributed by atoms with Crippen LogP contribution < -0.4 is 5.32 Å². The lowest BCUT2D eigenvalue weighted by molar-refractivity contribution is 0.0527. The van der Waals surface area contributed by atoms with Crippen molar-refractivity contribution in [1.29, 1.82) is 0 Å². The van der Waals surface area contributed by atoms with Crippen LogP contribution in [0.3, 0.4) is 0 Å². The number of esters is 1. The van der Waals surface area contributed by atoms with Crippen LogP contribution in [0.25, 0.3) is 6.08 Å². The van der Waals surface area contributed by atoms with E-state index in [1.54, 1.807) is 12.1 Å². The molecule has 1 N–H and O–H groups in total. The van der Waals surface area contributed by atoms with Gasteiger partial charge in [0, 0.05) is 6.54 Å². The summed E-state index contributed by atoms with van der Waals surface area (Å²) in [5.74, 6) is -0.350. The van der Waals surface area contributed by atoms with E-state index < -0.39 is 11.7 Å². The first-order chi connectivity index (χ1) is 10.3. The number of rotatable bonds is 5. The van der Waals surface area contributed by atoms with Crippen LogP contribution in [0.5, 0.6) is 0 Å². The molecule has 1 aromatic rings. The molecule has 0 radical (unpaired) electrons. The second kappa shape index (κ2) is 8.22. The summed E-state index contributed by atoms with van der Waals surface area (Å²) in [5, 5.41) is 2.68. The zero-order valence-electron chi connectivity index (χ0n) is 13.5. The fourth-order valence-corrected chi connectivity index (χ4v) is 1.64. The molecule has 1 aromatic carbocycles. The highest BCUT2D eigenvalue weighted by Gasteiger charge is 2.15. The molecule has 5 nitrogen and oxygen atoms in total. The average Bonchev–Trinajstić information content (AvgIpc) is 2.45. The molecule has 0 aromatic heterocycles. The number of carbonyl (C=O) groups is 2. The molecule has 0 bridgehead atoms. The minimum Gasteiger partial charge on any atom is -0.465 e. The van der Waals surface area contributed by atoms with Crippen LogP contribution in [-0.4, -0.2) is 31.3 Å². The number of ether oxygens (including phenoxy) is 2. The molecule has 0 saturated carbocycles. The third kappa shape index (κ3) is 6.92. The summed E-state index contributed by atoms with van der Waals surface area (Å²) < 4.78 is 9.77. The normalized spacial score (nSPS) is 11.3. The summed E-state index contributed by atoms with van der Waals surface area (Å²) in [7, 11) is 1.35. The monoisotopic (exact) mass is 305 g/mol. The van der Waals surface area contributed by atoms with Gasteiger partial charge in [-0.3, -0.25) is 0 Å². The molecule has 5 heteroatoms. The Balaban J connectivity index is 2.34. The number of carbonyl (C=O) groups excluding carboxylic acids is 2. The van der Waals surface area contributed by atoms with Crippen molar-refractivity contribution in [3.8, 4) is 0 Å². The molecule has 120 valence electrons. The number of nitrogens with one attached hydrogen (secondary N) is 1. The van der Waals surface area contributed by atoms with E-state index >= 15 is 0 Å². The van der Waals surface area contributed by atoms with E-state index in [-0.39, 0.29) is 5.97 Å². The van der Waals surface area contributed by atoms with E-state index in [2.05, 4.69) is 10.1 Å². The van der Waals surface area contributed by atoms with Crippen molar-refractivity contribution in [2.75, 3.05) is 13.7 Å². The standard InChI is InChI=1S/C17H23NO4/c1-17(2,3)22-16(20)18-12-6-5-7-13-8-10-14(11-9-13)15(19)21-4/h5,7-11H,6,12H2,1-4H3,(H,18,20). The topological polar surface area (TPSA) is 64.6 Å². The van der Waals surface area contributed by atoms with E-state index in [0.717, 1.165) is 5.56 Å². The summed E-state index contributed by atoms with van der Waals surface area (Å²) in [6, 6.07) is 7.10. The quantitative estimate of drug-likeness (QED) is 0.669. The maximum Gasteiger partial charge on any atom is 0.407 e. The van der Waals surface area contributed by atoms with E-state index in [0.29, 0.717) is 18.5 Å². The Morgan fingerprint density at radius 3 is 2.36 bits per heavy atom. The number of methoxy groups -OCH3 is 1. The van der Waals surface area contributed by atoms with E-state index in [1.807, 2.05) is 45.1 Å². The smallest absolute Gasteiger partial charge is 0.407 e. The van der Waals surface area contributed by atoms with Gasteiger partial charge < -0.3 is 14.8 Å². The molecule has 0 saturated heterocycles. The fraction of sp³-hybridized carbons (Fsp3) is 0.412. The highest BCUT2D eigenvalue weighted by atomic mass is 16.6. The van der Waals surface area contributed by atoms with Crippen LogP contribution in [0, 0.1) is 0 Å². The summed E-state index contributed by atoms with van der Waals surface area (Å²) >= 11 is 0. The Hall–Kier alpha value is -2.30. The van der Waals surface area contributed by atoms with Crippen molar-refractivity contribution in [3.63, 3.8) is 0 Å². The summed E-state index contributed by atoms with van der Waals surface area (Å²) in [6.07, 6.45) is 4.16. The van der Waals surface area contributed by atoms with Gasteiger partial charge in [-0.25, -0.2) is 9.59 Å². The molecule has 0 fully saturated rings. The maximum absolute atomic E-state index is 11.4. The lowest BCUT2D eigenvalue weighted by Crippen LogP contribution is -2.32. The van der Waals surface area contributed by atoms with Crippen LogP contribution in [-0.2, 0) is 9.47 Å². The molecule has 1 amide bonds. The molecule has 0 heterocycles. The van der Waals surface area contributed by atoms with Gasteiger partial charge in [-0.05, 0) is 44.9 Å². The van der Waals surface area contributed by atoms with Crippen molar-refractivity contribution in [1.82, 2.24) is 5.32 Å². The first-order valence-electron chi connectivity index (χ1n) is 7.13. The Morgan fingerprint density at radius 1 is 1.18 bits per heavy atom. The number of hydrogen-bond acceptors (Lipinski definition) is 4. The summed E-state index contributed by atoms with van der Waals surface area (Å²) in [6.45, 7) is 5.98. The van der Waals surface area contributed by atoms with Crippen LogP contribution in [0.2, 0.25) is 0 Å². The molecular formula is C17H23NO4. The highest BCUT2D eigenvalue weighted by molar-refractivity contribution is 5.89. The van der Waals surface area contributed by atoms with Gasteiger partial charge >= 0.3 is 12.1 Å². The summed E-state index contributed by atoms with van der Waals surface area (Å²) in [5.41, 5.74) is 1.01. The maximum atomic E-state index is 11.4. The zero-order valence-corrected chi connectivity index (χ0v) is 13.5. The predicted molar refractivity (Wildman–Crippen MR) is 85.7 cm³/mol. The molecule has 22 heavy (non-hydrogen) atoms. The Morgan fingerprint density at radius 2 is 1.82 bits per heavy atom. The zero-order chi connectivity index (χ0) is 16.6. The molecule has 0 aliphatic carbocycles. The minimum absolute atomic E-state index is 0.350. The van der Waals surface area contributed by atoms with Gasteiger partial charge in [0.05, 0.1) is 12.7 Å². The molecule has 1 rings (SSSR count). The van der Waals surface area contributed by atoms with Gasteiger partial charge in [0.25, 0.3) is 0 Å². The van der Waals surface area contributed by atoms with E-state index in [1.165, 1.54) is 7.11 Å². The Bertz CT molecular complexity index is 527. The van der Waals surface area contributed by atoms with Crippen LogP contribution in [0.15, 0.2) is 30.3 Å². The van der Waals surface area contributed by atoms with Gasteiger partial charge in [0.1, 0.15) is 5.60 Å². The number of amides is 1. The lowest BCUT2D eigenvalue weighted by Gasteiger charge is -2.19. The van der Waals surface area contributed by atoms with Gasteiger partial charge in [-0.1, -0.05) is 24.3 Å². The highest BCUT2D eigenvalue weighted by Crippen LogP contribution is 2.08. The lowest BCUT2D eigenvalue weighted by atomic mass is 10.1. The van der Waals surface area contributed by atoms with Gasteiger partial charge in [0.2, 0.25) is 0 Å². The second-order valence-corrected chi connectivity index (χ2v) is 5.73. The predicted octanol–water partition coefficient (Wildman–Crippen LogP) is 3.40. The average molecular weight is 305 g/mol. The van der Waals surface area contributed by atoms with Gasteiger partial charge in [0.15, 0.2) is 0 Å². The Kier molecular flexibility index (Phi) is 6.63. The first kappa shape index (κ1) is 17.8. The Labute approximate surface area is 131 Å². The largest absolute Gasteiger partial charge is 0.465 e. The van der Waals surface area contributed by atoms with Crippen LogP contribution in [0.4, 0.5) is 4.79 Å². The molecule has 0 aliphatic rings. The SMILES string of the molecule is COC(=O)c1ccc(C=CCCNC(=O)OC(C)(C)C)cc1. The van der Waals surface area contributed by atoms with Crippen LogP contribution >= 0.6 is 0 Å². The van der Waals surface area contributed by atoms with Gasteiger partial charge in [-0.2, -0.15) is 0 Å². The third-order valence-corrected chi connectivity index (χ3v) is 2.62. The van der Waals surface area contributed by atoms with Gasteiger partial charge in [-0.15, -0.1) is 0 Å². The summed E-state index contributed by atoms with van der Waals surface area (Å²) in [4.78, 5) is 22.7. The molecule has 0 spiro atoms. The van der Waals surface area contributed by atoms with Crippen LogP contribution in [0.1, 0.15) is 43.1 Å². The van der Waals surface area contributed by atoms with Crippen molar-refractivity contribution in [3.05, 3.63) is 41.5 Å². The molecular weight excluding hydrogens is 282 g/mol. The van der Waals surface area contributed by atoms with Crippen molar-refractivity contribution >= 4 is 18.1 Å². The molecule has 0 aliphatic heterocycles. The first-order valence-corrected chi connectivity index (χ1v) is 7.13. The fourth-order valence-electron chi connectivity index (χ4n) is 1.64. The van der Waals surface area contributed by atoms with E-state index in [9.17, 15) is 9.59 Å². The van der Waals surface area contributed by atoms with E-state index in [4.69, 9.17) is 4.74 Å². The van der Waals surface area contributed by atoms with Crippen molar-refractivity contribution in [2.45, 2.75) is 32.8 Å².